The number of aryl methyl sites for hydroxylation is 1. The molecule has 0 spiro atoms. The number of nitrogens with zero attached hydrogens (tertiary/aromatic N) is 5. The van der Waals surface area contributed by atoms with Gasteiger partial charge in [-0.2, -0.15) is 0 Å². The molecule has 4 aromatic rings. The first kappa shape index (κ1) is 13.1. The van der Waals surface area contributed by atoms with Gasteiger partial charge in [-0.3, -0.25) is 0 Å². The summed E-state index contributed by atoms with van der Waals surface area (Å²) >= 11 is 1.31. The Bertz CT molecular complexity index is 976. The van der Waals surface area contributed by atoms with Crippen LogP contribution in [0.3, 0.4) is 0 Å². The molecule has 22 heavy (non-hydrogen) atoms. The summed E-state index contributed by atoms with van der Waals surface area (Å²) in [7, 11) is 0. The maximum absolute atomic E-state index is 5.98. The summed E-state index contributed by atoms with van der Waals surface area (Å²) in [5.74, 6) is 6.70. The van der Waals surface area contributed by atoms with Gasteiger partial charge in [-0.15, -0.1) is 10.2 Å². The van der Waals surface area contributed by atoms with Crippen LogP contribution in [0.5, 0.6) is 0 Å². The third kappa shape index (κ3) is 1.92. The third-order valence-electron chi connectivity index (χ3n) is 3.36. The Balaban J connectivity index is 1.86. The third-order valence-corrected chi connectivity index (χ3v) is 4.31. The highest BCUT2D eigenvalue weighted by atomic mass is 32.2. The quantitative estimate of drug-likeness (QED) is 0.458. The van der Waals surface area contributed by atoms with Crippen molar-refractivity contribution in [1.82, 2.24) is 24.8 Å². The summed E-state index contributed by atoms with van der Waals surface area (Å²) < 4.78 is 7.36. The molecule has 0 amide bonds. The molecular weight excluding hydrogens is 300 g/mol. The molecule has 3 heterocycles. The molecule has 0 saturated heterocycles. The van der Waals surface area contributed by atoms with Crippen LogP contribution in [0.15, 0.2) is 45.2 Å². The second-order valence-corrected chi connectivity index (χ2v) is 5.64. The lowest BCUT2D eigenvalue weighted by molar-refractivity contribution is 0.653. The van der Waals surface area contributed by atoms with Crippen molar-refractivity contribution in [3.63, 3.8) is 0 Å². The molecule has 2 N–H and O–H groups in total. The van der Waals surface area contributed by atoms with E-state index in [1.165, 1.54) is 22.8 Å². The van der Waals surface area contributed by atoms with Gasteiger partial charge in [0.1, 0.15) is 17.4 Å². The molecule has 4 rings (SSSR count). The van der Waals surface area contributed by atoms with Gasteiger partial charge in [-0.25, -0.2) is 14.6 Å². The van der Waals surface area contributed by atoms with E-state index in [0.717, 1.165) is 22.3 Å². The normalized spacial score (nSPS) is 11.5. The number of furan rings is 1. The Kier molecular flexibility index (Phi) is 2.97. The number of para-hydroxylation sites is 1. The van der Waals surface area contributed by atoms with Crippen molar-refractivity contribution >= 4 is 33.8 Å². The first-order valence-electron chi connectivity index (χ1n) is 6.77. The van der Waals surface area contributed by atoms with Crippen LogP contribution in [0.1, 0.15) is 12.7 Å². The maximum Gasteiger partial charge on any atom is 0.216 e. The number of nitrogens with two attached hydrogens (primary N) is 1. The minimum atomic E-state index is 0.567. The Labute approximate surface area is 129 Å². The number of fused-ring (bicyclic) bond motifs is 3. The van der Waals surface area contributed by atoms with E-state index in [-0.39, 0.29) is 0 Å². The Morgan fingerprint density at radius 3 is 2.91 bits per heavy atom. The van der Waals surface area contributed by atoms with Gasteiger partial charge in [0.05, 0.1) is 0 Å². The van der Waals surface area contributed by atoms with Crippen LogP contribution in [0.25, 0.3) is 22.1 Å². The van der Waals surface area contributed by atoms with E-state index in [9.17, 15) is 0 Å². The molecule has 110 valence electrons. The fourth-order valence-corrected chi connectivity index (χ4v) is 3.07. The van der Waals surface area contributed by atoms with Crippen molar-refractivity contribution < 1.29 is 4.42 Å². The molecule has 1 aromatic carbocycles. The lowest BCUT2D eigenvalue weighted by Crippen LogP contribution is -2.13. The second kappa shape index (κ2) is 4.99. The average Bonchev–Trinajstić information content (AvgIpc) is 3.09. The summed E-state index contributed by atoms with van der Waals surface area (Å²) in [5, 5.41) is 10.3. The minimum Gasteiger partial charge on any atom is -0.451 e. The minimum absolute atomic E-state index is 0.567. The predicted octanol–water partition coefficient (Wildman–Crippen LogP) is 2.39. The van der Waals surface area contributed by atoms with E-state index >= 15 is 0 Å². The number of hydrogen-bond donors (Lipinski definition) is 1. The van der Waals surface area contributed by atoms with Gasteiger partial charge in [0.15, 0.2) is 16.4 Å². The van der Waals surface area contributed by atoms with Gasteiger partial charge >= 0.3 is 0 Å². The zero-order valence-corrected chi connectivity index (χ0v) is 12.5. The smallest absolute Gasteiger partial charge is 0.216 e. The van der Waals surface area contributed by atoms with Crippen molar-refractivity contribution in [2.75, 3.05) is 5.84 Å². The van der Waals surface area contributed by atoms with Gasteiger partial charge in [0, 0.05) is 11.8 Å². The first-order chi connectivity index (χ1) is 10.8. The second-order valence-electron chi connectivity index (χ2n) is 4.68. The summed E-state index contributed by atoms with van der Waals surface area (Å²) in [6.07, 6.45) is 2.23. The first-order valence-corrected chi connectivity index (χ1v) is 7.59. The molecule has 0 bridgehead atoms. The van der Waals surface area contributed by atoms with Crippen molar-refractivity contribution in [2.45, 2.75) is 23.5 Å². The Morgan fingerprint density at radius 1 is 1.23 bits per heavy atom. The highest BCUT2D eigenvalue weighted by Gasteiger charge is 2.17. The molecule has 0 fully saturated rings. The molecule has 7 nitrogen and oxygen atoms in total. The van der Waals surface area contributed by atoms with Crippen LogP contribution in [0.4, 0.5) is 0 Å². The fraction of sp³-hybridized carbons (Fsp3) is 0.143. The van der Waals surface area contributed by atoms with Crippen LogP contribution < -0.4 is 5.84 Å². The highest BCUT2D eigenvalue weighted by molar-refractivity contribution is 7.99. The van der Waals surface area contributed by atoms with Crippen LogP contribution in [0, 0.1) is 0 Å². The maximum atomic E-state index is 5.98. The van der Waals surface area contributed by atoms with Crippen LogP contribution >= 0.6 is 11.8 Å². The number of aromatic nitrogens is 5. The van der Waals surface area contributed by atoms with Crippen LogP contribution in [-0.2, 0) is 6.42 Å². The Hall–Kier alpha value is -2.61. The monoisotopic (exact) mass is 312 g/mol. The predicted molar refractivity (Wildman–Crippen MR) is 83.0 cm³/mol. The molecule has 0 radical (unpaired) electrons. The van der Waals surface area contributed by atoms with E-state index in [1.807, 2.05) is 31.2 Å². The SMILES string of the molecule is CCc1nnc(Sc2ncnc3c2oc2ccccc23)n1N. The van der Waals surface area contributed by atoms with E-state index in [0.29, 0.717) is 22.2 Å². The van der Waals surface area contributed by atoms with Gasteiger partial charge < -0.3 is 10.3 Å². The van der Waals surface area contributed by atoms with Crippen molar-refractivity contribution in [3.8, 4) is 0 Å². The van der Waals surface area contributed by atoms with Gasteiger partial charge in [0.2, 0.25) is 5.16 Å². The summed E-state index contributed by atoms with van der Waals surface area (Å²) in [6, 6.07) is 7.76. The lowest BCUT2D eigenvalue weighted by atomic mass is 10.2. The van der Waals surface area contributed by atoms with Gasteiger partial charge in [-0.05, 0) is 23.9 Å². The topological polar surface area (TPSA) is 95.6 Å². The number of hydrogen-bond acceptors (Lipinski definition) is 7. The van der Waals surface area contributed by atoms with Gasteiger partial charge in [0.25, 0.3) is 0 Å². The van der Waals surface area contributed by atoms with Crippen molar-refractivity contribution in [2.24, 2.45) is 0 Å². The molecule has 0 unspecified atom stereocenters. The number of benzene rings is 1. The highest BCUT2D eigenvalue weighted by Crippen LogP contribution is 2.34. The van der Waals surface area contributed by atoms with E-state index in [1.54, 1.807) is 0 Å². The number of nitrogen functional groups attached to an aromatic ring is 1. The molecule has 0 saturated carbocycles. The molecule has 0 aliphatic carbocycles. The van der Waals surface area contributed by atoms with Crippen molar-refractivity contribution in [1.29, 1.82) is 0 Å². The van der Waals surface area contributed by atoms with Crippen LogP contribution in [-0.4, -0.2) is 24.8 Å². The molecule has 3 aromatic heterocycles. The zero-order valence-electron chi connectivity index (χ0n) is 11.7. The van der Waals surface area contributed by atoms with Gasteiger partial charge in [-0.1, -0.05) is 19.1 Å². The largest absolute Gasteiger partial charge is 0.451 e. The van der Waals surface area contributed by atoms with E-state index < -0.39 is 0 Å². The van der Waals surface area contributed by atoms with E-state index in [4.69, 9.17) is 10.3 Å². The Morgan fingerprint density at radius 2 is 2.09 bits per heavy atom. The molecule has 0 aliphatic rings. The molecule has 8 heteroatoms. The van der Waals surface area contributed by atoms with Crippen LogP contribution in [0.2, 0.25) is 0 Å². The molecule has 0 atom stereocenters. The zero-order chi connectivity index (χ0) is 15.1. The summed E-state index contributed by atoms with van der Waals surface area (Å²) in [6.45, 7) is 1.98. The number of rotatable bonds is 3. The molecule has 0 aliphatic heterocycles. The summed E-state index contributed by atoms with van der Waals surface area (Å²) in [4.78, 5) is 8.62. The lowest BCUT2D eigenvalue weighted by Gasteiger charge is -2.01. The summed E-state index contributed by atoms with van der Waals surface area (Å²) in [5.41, 5.74) is 2.20. The van der Waals surface area contributed by atoms with E-state index in [2.05, 4.69) is 20.2 Å². The standard InChI is InChI=1S/C14H12N6OS/c1-2-10-18-19-14(20(10)15)22-13-12-11(16-7-17-13)8-5-3-4-6-9(8)21-12/h3-7H,2,15H2,1H3. The molecular formula is C14H12N6OS. The average molecular weight is 312 g/mol. The van der Waals surface area contributed by atoms with Crippen molar-refractivity contribution in [3.05, 3.63) is 36.4 Å². The fourth-order valence-electron chi connectivity index (χ4n) is 2.28.